The van der Waals surface area contributed by atoms with Crippen LogP contribution in [0.4, 0.5) is 4.79 Å². The monoisotopic (exact) mass is 439 g/mol. The third-order valence-corrected chi connectivity index (χ3v) is 6.25. The van der Waals surface area contributed by atoms with Crippen molar-refractivity contribution in [1.29, 1.82) is 0 Å². The summed E-state index contributed by atoms with van der Waals surface area (Å²) in [6.45, 7) is 6.37. The highest BCUT2D eigenvalue weighted by molar-refractivity contribution is 7.99. The van der Waals surface area contributed by atoms with Gasteiger partial charge in [0, 0.05) is 17.9 Å². The predicted octanol–water partition coefficient (Wildman–Crippen LogP) is 3.71. The van der Waals surface area contributed by atoms with Gasteiger partial charge in [0.15, 0.2) is 11.0 Å². The van der Waals surface area contributed by atoms with Gasteiger partial charge in [0.25, 0.3) is 5.91 Å². The van der Waals surface area contributed by atoms with Crippen LogP contribution in [0.15, 0.2) is 52.2 Å². The molecule has 1 fully saturated rings. The maximum absolute atomic E-state index is 12.3. The van der Waals surface area contributed by atoms with Gasteiger partial charge in [-0.3, -0.25) is 14.3 Å². The molecule has 0 bridgehead atoms. The summed E-state index contributed by atoms with van der Waals surface area (Å²) in [7, 11) is 0. The number of aromatic nitrogens is 3. The zero-order valence-corrected chi connectivity index (χ0v) is 18.6. The molecule has 9 heteroatoms. The van der Waals surface area contributed by atoms with E-state index in [1.54, 1.807) is 31.9 Å². The van der Waals surface area contributed by atoms with Crippen LogP contribution in [0.3, 0.4) is 0 Å². The van der Waals surface area contributed by atoms with Gasteiger partial charge in [-0.05, 0) is 44.9 Å². The molecule has 1 saturated heterocycles. The molecule has 3 aromatic rings. The second-order valence-electron chi connectivity index (χ2n) is 8.00. The summed E-state index contributed by atoms with van der Waals surface area (Å²) in [4.78, 5) is 25.6. The van der Waals surface area contributed by atoms with Crippen molar-refractivity contribution in [2.24, 2.45) is 0 Å². The largest absolute Gasteiger partial charge is 0.467 e. The Morgan fingerprint density at radius 3 is 2.61 bits per heavy atom. The zero-order chi connectivity index (χ0) is 22.0. The molecule has 1 aromatic carbocycles. The minimum absolute atomic E-state index is 0.190. The van der Waals surface area contributed by atoms with Crippen molar-refractivity contribution in [1.82, 2.24) is 25.0 Å². The van der Waals surface area contributed by atoms with Crippen molar-refractivity contribution in [3.8, 4) is 11.4 Å². The number of carbonyl (C=O) groups is 2. The Morgan fingerprint density at radius 2 is 1.94 bits per heavy atom. The number of benzene rings is 1. The number of hydrogen-bond donors (Lipinski definition) is 1. The lowest BCUT2D eigenvalue weighted by atomic mass is 10.1. The van der Waals surface area contributed by atoms with Gasteiger partial charge in [-0.1, -0.05) is 36.0 Å². The van der Waals surface area contributed by atoms with E-state index in [2.05, 4.69) is 15.5 Å². The topological polar surface area (TPSA) is 93.3 Å². The number of furan rings is 1. The minimum Gasteiger partial charge on any atom is -0.467 e. The number of rotatable bonds is 8. The Hall–Kier alpha value is -3.07. The van der Waals surface area contributed by atoms with Crippen molar-refractivity contribution in [2.45, 2.75) is 44.4 Å². The molecule has 162 valence electrons. The molecule has 0 radical (unpaired) electrons. The number of imide groups is 1. The highest BCUT2D eigenvalue weighted by Gasteiger charge is 2.43. The average molecular weight is 440 g/mol. The Bertz CT molecular complexity index is 1090. The molecule has 3 amide bonds. The van der Waals surface area contributed by atoms with Crippen molar-refractivity contribution in [3.63, 3.8) is 0 Å². The summed E-state index contributed by atoms with van der Waals surface area (Å²) < 4.78 is 7.59. The predicted molar refractivity (Wildman–Crippen MR) is 118 cm³/mol. The fourth-order valence-electron chi connectivity index (χ4n) is 3.53. The molecule has 1 N–H and O–H groups in total. The van der Waals surface area contributed by atoms with E-state index in [9.17, 15) is 9.59 Å². The van der Waals surface area contributed by atoms with Crippen molar-refractivity contribution >= 4 is 23.7 Å². The number of thioether (sulfide) groups is 1. The SMILES string of the molecule is Cc1ccccc1-c1nnc(SCCCN2C(=O)NC(C)(C)C2=O)n1Cc1ccco1. The molecule has 0 aliphatic carbocycles. The summed E-state index contributed by atoms with van der Waals surface area (Å²) in [5.41, 5.74) is 1.30. The van der Waals surface area contributed by atoms with Gasteiger partial charge in [0.2, 0.25) is 0 Å². The highest BCUT2D eigenvalue weighted by atomic mass is 32.2. The quantitative estimate of drug-likeness (QED) is 0.327. The fourth-order valence-corrected chi connectivity index (χ4v) is 4.39. The average Bonchev–Trinajstić information content (AvgIpc) is 3.42. The zero-order valence-electron chi connectivity index (χ0n) is 17.8. The molecule has 0 saturated carbocycles. The fraction of sp³-hybridized carbons (Fsp3) is 0.364. The van der Waals surface area contributed by atoms with Crippen LogP contribution in [0.2, 0.25) is 0 Å². The molecule has 1 aliphatic heterocycles. The van der Waals surface area contributed by atoms with Crippen molar-refractivity contribution in [2.75, 3.05) is 12.3 Å². The second kappa shape index (κ2) is 8.58. The van der Waals surface area contributed by atoms with Crippen LogP contribution in [0.5, 0.6) is 0 Å². The van der Waals surface area contributed by atoms with Gasteiger partial charge in [0.05, 0.1) is 12.8 Å². The Balaban J connectivity index is 1.47. The number of aryl methyl sites for hydroxylation is 1. The van der Waals surface area contributed by atoms with E-state index in [4.69, 9.17) is 4.42 Å². The van der Waals surface area contributed by atoms with Crippen LogP contribution < -0.4 is 5.32 Å². The van der Waals surface area contributed by atoms with Crippen LogP contribution in [0, 0.1) is 6.92 Å². The van der Waals surface area contributed by atoms with Crippen LogP contribution in [-0.4, -0.2) is 49.4 Å². The normalized spacial score (nSPS) is 15.5. The summed E-state index contributed by atoms with van der Waals surface area (Å²) in [6.07, 6.45) is 2.31. The van der Waals surface area contributed by atoms with Gasteiger partial charge < -0.3 is 9.73 Å². The Labute approximate surface area is 185 Å². The number of nitrogens with zero attached hydrogens (tertiary/aromatic N) is 4. The van der Waals surface area contributed by atoms with E-state index in [0.717, 1.165) is 27.9 Å². The summed E-state index contributed by atoms with van der Waals surface area (Å²) in [5.74, 6) is 2.11. The van der Waals surface area contributed by atoms with Crippen molar-refractivity contribution < 1.29 is 14.0 Å². The molecule has 1 aliphatic rings. The van der Waals surface area contributed by atoms with E-state index >= 15 is 0 Å². The van der Waals surface area contributed by atoms with Gasteiger partial charge in [-0.2, -0.15) is 0 Å². The van der Waals surface area contributed by atoms with E-state index in [0.29, 0.717) is 25.3 Å². The number of nitrogens with one attached hydrogen (secondary N) is 1. The molecular weight excluding hydrogens is 414 g/mol. The molecular formula is C22H25N5O3S. The summed E-state index contributed by atoms with van der Waals surface area (Å²) in [6, 6.07) is 11.5. The standard InChI is InChI=1S/C22H25N5O3S/c1-15-8-4-5-10-17(15)18-24-25-21(27(18)14-16-9-6-12-30-16)31-13-7-11-26-19(28)22(2,3)23-20(26)29/h4-6,8-10,12H,7,11,13-14H2,1-3H3,(H,23,29). The molecule has 0 unspecified atom stereocenters. The van der Waals surface area contributed by atoms with Gasteiger partial charge in [0.1, 0.15) is 11.3 Å². The number of amides is 3. The van der Waals surface area contributed by atoms with Gasteiger partial charge in [-0.25, -0.2) is 4.79 Å². The second-order valence-corrected chi connectivity index (χ2v) is 9.06. The van der Waals surface area contributed by atoms with Crippen LogP contribution in [0.1, 0.15) is 31.6 Å². The third-order valence-electron chi connectivity index (χ3n) is 5.20. The van der Waals surface area contributed by atoms with Crippen LogP contribution in [0.25, 0.3) is 11.4 Å². The van der Waals surface area contributed by atoms with Crippen LogP contribution >= 0.6 is 11.8 Å². The van der Waals surface area contributed by atoms with Crippen molar-refractivity contribution in [3.05, 3.63) is 54.0 Å². The molecule has 2 aromatic heterocycles. The Morgan fingerprint density at radius 1 is 1.13 bits per heavy atom. The van der Waals surface area contributed by atoms with Gasteiger partial charge >= 0.3 is 6.03 Å². The first kappa shape index (κ1) is 21.2. The summed E-state index contributed by atoms with van der Waals surface area (Å²) >= 11 is 1.55. The molecule has 4 rings (SSSR count). The van der Waals surface area contributed by atoms with E-state index in [1.165, 1.54) is 4.90 Å². The first-order valence-electron chi connectivity index (χ1n) is 10.2. The lowest BCUT2D eigenvalue weighted by Crippen LogP contribution is -2.40. The molecule has 0 spiro atoms. The molecule has 31 heavy (non-hydrogen) atoms. The van der Waals surface area contributed by atoms with E-state index in [-0.39, 0.29) is 11.9 Å². The highest BCUT2D eigenvalue weighted by Crippen LogP contribution is 2.28. The third kappa shape index (κ3) is 4.36. The first-order chi connectivity index (χ1) is 14.9. The lowest BCUT2D eigenvalue weighted by Gasteiger charge is -2.15. The van der Waals surface area contributed by atoms with E-state index in [1.807, 2.05) is 47.9 Å². The maximum atomic E-state index is 12.3. The molecule has 0 atom stereocenters. The smallest absolute Gasteiger partial charge is 0.325 e. The number of urea groups is 1. The van der Waals surface area contributed by atoms with Crippen LogP contribution in [-0.2, 0) is 11.3 Å². The summed E-state index contributed by atoms with van der Waals surface area (Å²) in [5, 5.41) is 12.3. The number of hydrogen-bond acceptors (Lipinski definition) is 6. The maximum Gasteiger partial charge on any atom is 0.325 e. The van der Waals surface area contributed by atoms with E-state index < -0.39 is 5.54 Å². The molecule has 8 nitrogen and oxygen atoms in total. The minimum atomic E-state index is -0.837. The first-order valence-corrected chi connectivity index (χ1v) is 11.1. The number of carbonyl (C=O) groups excluding carboxylic acids is 2. The van der Waals surface area contributed by atoms with Gasteiger partial charge in [-0.15, -0.1) is 10.2 Å². The molecule has 3 heterocycles. The Kier molecular flexibility index (Phi) is 5.86. The lowest BCUT2D eigenvalue weighted by molar-refractivity contribution is -0.130.